The number of imidazole rings is 1. The van der Waals surface area contributed by atoms with E-state index in [4.69, 9.17) is 4.43 Å². The van der Waals surface area contributed by atoms with E-state index in [1.807, 2.05) is 12.1 Å². The van der Waals surface area contributed by atoms with Gasteiger partial charge in [0.2, 0.25) is 8.32 Å². The molecule has 0 atom stereocenters. The number of benzene rings is 1. The number of nitrogens with one attached hydrogen (secondary N) is 1. The number of H-pyrrole nitrogens is 1. The fourth-order valence-electron chi connectivity index (χ4n) is 1.72. The number of aromatic amines is 1. The number of rotatable bonds is 3. The minimum Gasteiger partial charge on any atom is -0.543 e. The lowest BCUT2D eigenvalue weighted by atomic mass is 10.2. The molecule has 0 aliphatic heterocycles. The summed E-state index contributed by atoms with van der Waals surface area (Å²) in [6.07, 6.45) is 0.924. The maximum absolute atomic E-state index is 6.31. The van der Waals surface area contributed by atoms with Crippen LogP contribution in [0.5, 0.6) is 5.75 Å². The molecule has 4 heteroatoms. The SMILES string of the molecule is CCc1nc2ccc(O[Si](C)(C)C(C)(C)C)cc2[nH]1. The Hall–Kier alpha value is -1.29. The van der Waals surface area contributed by atoms with Crippen LogP contribution >= 0.6 is 0 Å². The zero-order valence-corrected chi connectivity index (χ0v) is 13.8. The number of aryl methyl sites for hydroxylation is 1. The highest BCUT2D eigenvalue weighted by atomic mass is 28.4. The number of aromatic nitrogens is 2. The highest BCUT2D eigenvalue weighted by Crippen LogP contribution is 2.37. The van der Waals surface area contributed by atoms with E-state index in [2.05, 4.69) is 56.8 Å². The lowest BCUT2D eigenvalue weighted by Crippen LogP contribution is -2.43. The summed E-state index contributed by atoms with van der Waals surface area (Å²) in [5.41, 5.74) is 2.08. The van der Waals surface area contributed by atoms with Crippen molar-refractivity contribution >= 4 is 19.4 Å². The van der Waals surface area contributed by atoms with E-state index < -0.39 is 8.32 Å². The minimum absolute atomic E-state index is 0.213. The van der Waals surface area contributed by atoms with E-state index in [0.29, 0.717) is 0 Å². The van der Waals surface area contributed by atoms with Gasteiger partial charge in [-0.25, -0.2) is 4.98 Å². The van der Waals surface area contributed by atoms with Crippen molar-refractivity contribution < 1.29 is 4.43 Å². The van der Waals surface area contributed by atoms with Gasteiger partial charge in [-0.1, -0.05) is 27.7 Å². The number of hydrogen-bond donors (Lipinski definition) is 1. The molecule has 0 spiro atoms. The molecule has 0 unspecified atom stereocenters. The largest absolute Gasteiger partial charge is 0.543 e. The van der Waals surface area contributed by atoms with Crippen LogP contribution in [0.3, 0.4) is 0 Å². The van der Waals surface area contributed by atoms with Crippen molar-refractivity contribution in [1.29, 1.82) is 0 Å². The molecule has 19 heavy (non-hydrogen) atoms. The zero-order valence-electron chi connectivity index (χ0n) is 12.8. The first kappa shape index (κ1) is 14.1. The average molecular weight is 276 g/mol. The van der Waals surface area contributed by atoms with Gasteiger partial charge in [0.25, 0.3) is 0 Å². The normalized spacial score (nSPS) is 12.9. The van der Waals surface area contributed by atoms with Gasteiger partial charge in [-0.05, 0) is 30.3 Å². The summed E-state index contributed by atoms with van der Waals surface area (Å²) in [5.74, 6) is 1.98. The maximum Gasteiger partial charge on any atom is 0.250 e. The van der Waals surface area contributed by atoms with E-state index in [9.17, 15) is 0 Å². The van der Waals surface area contributed by atoms with Crippen molar-refractivity contribution in [1.82, 2.24) is 9.97 Å². The molecule has 2 aromatic rings. The summed E-state index contributed by atoms with van der Waals surface area (Å²) in [7, 11) is -1.77. The van der Waals surface area contributed by atoms with Crippen LogP contribution in [0.15, 0.2) is 18.2 Å². The van der Waals surface area contributed by atoms with Crippen LogP contribution in [-0.4, -0.2) is 18.3 Å². The van der Waals surface area contributed by atoms with Gasteiger partial charge in [0.05, 0.1) is 11.0 Å². The van der Waals surface area contributed by atoms with Crippen LogP contribution in [0.1, 0.15) is 33.5 Å². The Morgan fingerprint density at radius 3 is 2.53 bits per heavy atom. The highest BCUT2D eigenvalue weighted by Gasteiger charge is 2.38. The van der Waals surface area contributed by atoms with Crippen LogP contribution in [0.25, 0.3) is 11.0 Å². The Morgan fingerprint density at radius 1 is 1.26 bits per heavy atom. The molecule has 0 saturated carbocycles. The van der Waals surface area contributed by atoms with Crippen molar-refractivity contribution in [3.8, 4) is 5.75 Å². The first-order valence-electron chi connectivity index (χ1n) is 6.90. The van der Waals surface area contributed by atoms with Gasteiger partial charge in [-0.3, -0.25) is 0 Å². The first-order valence-corrected chi connectivity index (χ1v) is 9.81. The lowest BCUT2D eigenvalue weighted by Gasteiger charge is -2.36. The Balaban J connectivity index is 2.31. The van der Waals surface area contributed by atoms with Crippen molar-refractivity contribution in [3.05, 3.63) is 24.0 Å². The Bertz CT molecular complexity index is 581. The molecule has 0 bridgehead atoms. The minimum atomic E-state index is -1.77. The zero-order chi connectivity index (χ0) is 14.3. The molecule has 2 rings (SSSR count). The van der Waals surface area contributed by atoms with Gasteiger partial charge < -0.3 is 9.41 Å². The molecule has 0 aliphatic rings. The van der Waals surface area contributed by atoms with Gasteiger partial charge in [-0.15, -0.1) is 0 Å². The summed E-state index contributed by atoms with van der Waals surface area (Å²) in [6, 6.07) is 6.14. The predicted molar refractivity (Wildman–Crippen MR) is 83.3 cm³/mol. The average Bonchev–Trinajstić information content (AvgIpc) is 2.69. The summed E-state index contributed by atoms with van der Waals surface area (Å²) >= 11 is 0. The summed E-state index contributed by atoms with van der Waals surface area (Å²) in [5, 5.41) is 0.213. The lowest BCUT2D eigenvalue weighted by molar-refractivity contribution is 0.493. The first-order chi connectivity index (χ1) is 8.73. The third-order valence-corrected chi connectivity index (χ3v) is 8.37. The van der Waals surface area contributed by atoms with Crippen molar-refractivity contribution in [3.63, 3.8) is 0 Å². The molecule has 0 saturated heterocycles. The van der Waals surface area contributed by atoms with Crippen LogP contribution < -0.4 is 4.43 Å². The number of fused-ring (bicyclic) bond motifs is 1. The standard InChI is InChI=1S/C15H24N2OSi/c1-7-14-16-12-9-8-11(10-13(12)17-14)18-19(5,6)15(2,3)4/h8-10H,7H2,1-6H3,(H,16,17). The van der Waals surface area contributed by atoms with E-state index in [1.54, 1.807) is 0 Å². The van der Waals surface area contributed by atoms with E-state index >= 15 is 0 Å². The van der Waals surface area contributed by atoms with Crippen molar-refractivity contribution in [2.45, 2.75) is 52.2 Å². The monoisotopic (exact) mass is 276 g/mol. The van der Waals surface area contributed by atoms with Crippen LogP contribution in [0.4, 0.5) is 0 Å². The van der Waals surface area contributed by atoms with Crippen molar-refractivity contribution in [2.24, 2.45) is 0 Å². The van der Waals surface area contributed by atoms with Gasteiger partial charge in [0.1, 0.15) is 11.6 Å². The molecule has 0 fully saturated rings. The smallest absolute Gasteiger partial charge is 0.250 e. The fourth-order valence-corrected chi connectivity index (χ4v) is 2.74. The van der Waals surface area contributed by atoms with Gasteiger partial charge in [-0.2, -0.15) is 0 Å². The highest BCUT2D eigenvalue weighted by molar-refractivity contribution is 6.74. The van der Waals surface area contributed by atoms with Gasteiger partial charge >= 0.3 is 0 Å². The van der Waals surface area contributed by atoms with E-state index in [-0.39, 0.29) is 5.04 Å². The molecule has 0 amide bonds. The second-order valence-electron chi connectivity index (χ2n) is 6.58. The van der Waals surface area contributed by atoms with Crippen LogP contribution in [0.2, 0.25) is 18.1 Å². The Kier molecular flexibility index (Phi) is 3.47. The predicted octanol–water partition coefficient (Wildman–Crippen LogP) is 4.51. The third kappa shape index (κ3) is 2.83. The fraction of sp³-hybridized carbons (Fsp3) is 0.533. The second-order valence-corrected chi connectivity index (χ2v) is 11.3. The topological polar surface area (TPSA) is 37.9 Å². The van der Waals surface area contributed by atoms with Crippen molar-refractivity contribution in [2.75, 3.05) is 0 Å². The number of hydrogen-bond acceptors (Lipinski definition) is 2. The maximum atomic E-state index is 6.31. The van der Waals surface area contributed by atoms with Crippen LogP contribution in [-0.2, 0) is 6.42 Å². The molecule has 0 aliphatic carbocycles. The molecule has 1 aromatic heterocycles. The molecule has 3 nitrogen and oxygen atoms in total. The summed E-state index contributed by atoms with van der Waals surface area (Å²) < 4.78 is 6.31. The molecule has 104 valence electrons. The quantitative estimate of drug-likeness (QED) is 0.838. The Labute approximate surface area is 116 Å². The van der Waals surface area contributed by atoms with Crippen LogP contribution in [0, 0.1) is 0 Å². The molecular weight excluding hydrogens is 252 g/mol. The molecule has 1 heterocycles. The number of nitrogens with zero attached hydrogens (tertiary/aromatic N) is 1. The molecule has 1 N–H and O–H groups in total. The molecular formula is C15H24N2OSi. The van der Waals surface area contributed by atoms with E-state index in [0.717, 1.165) is 29.0 Å². The van der Waals surface area contributed by atoms with Gasteiger partial charge in [0, 0.05) is 12.5 Å². The summed E-state index contributed by atoms with van der Waals surface area (Å²) in [4.78, 5) is 7.85. The Morgan fingerprint density at radius 2 is 1.95 bits per heavy atom. The van der Waals surface area contributed by atoms with Gasteiger partial charge in [0.15, 0.2) is 0 Å². The van der Waals surface area contributed by atoms with E-state index in [1.165, 1.54) is 0 Å². The third-order valence-electron chi connectivity index (χ3n) is 4.02. The summed E-state index contributed by atoms with van der Waals surface area (Å²) in [6.45, 7) is 13.4. The molecule has 0 radical (unpaired) electrons. The molecule has 1 aromatic carbocycles. The second kappa shape index (κ2) is 4.67.